The zero-order valence-electron chi connectivity index (χ0n) is 13.6. The average molecular weight is 366 g/mol. The van der Waals surface area contributed by atoms with E-state index in [-0.39, 0.29) is 22.6 Å². The lowest BCUT2D eigenvalue weighted by molar-refractivity contribution is -0.0328. The van der Waals surface area contributed by atoms with E-state index in [0.717, 1.165) is 18.5 Å². The first-order chi connectivity index (χ1) is 11.8. The van der Waals surface area contributed by atoms with Crippen LogP contribution in [0.5, 0.6) is 0 Å². The Kier molecular flexibility index (Phi) is 4.94. The highest BCUT2D eigenvalue weighted by Crippen LogP contribution is 2.36. The molecule has 2 aromatic rings. The summed E-state index contributed by atoms with van der Waals surface area (Å²) in [6.45, 7) is 1.38. The molecule has 1 aliphatic heterocycles. The van der Waals surface area contributed by atoms with Gasteiger partial charge in [-0.3, -0.25) is 4.79 Å². The van der Waals surface area contributed by atoms with Gasteiger partial charge in [-0.15, -0.1) is 0 Å². The van der Waals surface area contributed by atoms with Crippen molar-refractivity contribution in [2.45, 2.75) is 23.4 Å². The number of rotatable bonds is 4. The van der Waals surface area contributed by atoms with Crippen molar-refractivity contribution in [3.63, 3.8) is 0 Å². The molecule has 0 atom stereocenters. The molecule has 132 valence electrons. The Morgan fingerprint density at radius 2 is 1.92 bits per heavy atom. The van der Waals surface area contributed by atoms with Gasteiger partial charge in [-0.1, -0.05) is 12.1 Å². The predicted molar refractivity (Wildman–Crippen MR) is 92.9 cm³/mol. The molecule has 0 aromatic heterocycles. The van der Waals surface area contributed by atoms with Gasteiger partial charge < -0.3 is 10.2 Å². The number of hydrogen-bond acceptors (Lipinski definition) is 3. The van der Waals surface area contributed by atoms with Crippen molar-refractivity contribution in [1.29, 1.82) is 0 Å². The topological polar surface area (TPSA) is 32.3 Å². The molecule has 1 aliphatic rings. The number of fused-ring (bicyclic) bond motifs is 1. The van der Waals surface area contributed by atoms with E-state index >= 15 is 0 Å². The van der Waals surface area contributed by atoms with Gasteiger partial charge in [-0.2, -0.15) is 13.2 Å². The summed E-state index contributed by atoms with van der Waals surface area (Å²) in [6, 6.07) is 11.5. The molecule has 0 radical (unpaired) electrons. The molecule has 2 aromatic carbocycles. The first-order valence-corrected chi connectivity index (χ1v) is 8.60. The number of thioether (sulfide) groups is 1. The number of amides is 1. The summed E-state index contributed by atoms with van der Waals surface area (Å²) in [5.41, 5.74) is -0.500. The fourth-order valence-electron chi connectivity index (χ4n) is 2.82. The maximum Gasteiger partial charge on any atom is 0.446 e. The fraction of sp³-hybridized carbons (Fsp3) is 0.278. The number of hydrogen-bond donors (Lipinski definition) is 1. The largest absolute Gasteiger partial charge is 0.446 e. The summed E-state index contributed by atoms with van der Waals surface area (Å²) in [4.78, 5) is 14.4. The smallest absolute Gasteiger partial charge is 0.374 e. The van der Waals surface area contributed by atoms with Crippen LogP contribution in [0, 0.1) is 0 Å². The monoisotopic (exact) mass is 366 g/mol. The lowest BCUT2D eigenvalue weighted by Crippen LogP contribution is -2.22. The van der Waals surface area contributed by atoms with Crippen LogP contribution >= 0.6 is 11.8 Å². The molecule has 3 nitrogen and oxygen atoms in total. The first-order valence-electron chi connectivity index (χ1n) is 7.79. The number of benzene rings is 2. The number of carbonyl (C=O) groups excluding carboxylic acids is 1. The van der Waals surface area contributed by atoms with Gasteiger partial charge >= 0.3 is 5.51 Å². The highest BCUT2D eigenvalue weighted by atomic mass is 32.2. The minimum atomic E-state index is -4.33. The standard InChI is InChI=1S/C18H17F3N2OS/c1-23-9-8-14-10-12(2-7-16(14)23)11-22-17(24)13-3-5-15(6-4-13)25-18(19,20)21/h2-7,10H,8-9,11H2,1H3,(H,22,24). The van der Waals surface area contributed by atoms with Crippen LogP contribution in [0.1, 0.15) is 21.5 Å². The van der Waals surface area contributed by atoms with Crippen molar-refractivity contribution in [1.82, 2.24) is 5.32 Å². The molecule has 25 heavy (non-hydrogen) atoms. The minimum Gasteiger partial charge on any atom is -0.374 e. The van der Waals surface area contributed by atoms with Crippen molar-refractivity contribution >= 4 is 23.4 Å². The molecule has 7 heteroatoms. The normalized spacial score (nSPS) is 13.7. The maximum absolute atomic E-state index is 12.3. The molecule has 0 fully saturated rings. The van der Waals surface area contributed by atoms with Crippen molar-refractivity contribution in [2.24, 2.45) is 0 Å². The summed E-state index contributed by atoms with van der Waals surface area (Å²) >= 11 is -0.193. The second kappa shape index (κ2) is 7.00. The van der Waals surface area contributed by atoms with Crippen molar-refractivity contribution in [3.05, 3.63) is 59.2 Å². The zero-order chi connectivity index (χ0) is 18.0. The Balaban J connectivity index is 1.59. The second-order valence-electron chi connectivity index (χ2n) is 5.89. The van der Waals surface area contributed by atoms with E-state index in [2.05, 4.69) is 16.3 Å². The molecule has 1 amide bonds. The minimum absolute atomic E-state index is 0.0618. The summed E-state index contributed by atoms with van der Waals surface area (Å²) in [5.74, 6) is -0.304. The highest BCUT2D eigenvalue weighted by molar-refractivity contribution is 8.00. The molecule has 0 saturated carbocycles. The Hall–Kier alpha value is -2.15. The molecular formula is C18H17F3N2OS. The number of nitrogens with one attached hydrogen (secondary N) is 1. The molecular weight excluding hydrogens is 349 g/mol. The summed E-state index contributed by atoms with van der Waals surface area (Å²) in [7, 11) is 2.05. The van der Waals surface area contributed by atoms with Gasteiger partial charge in [0, 0.05) is 36.3 Å². The van der Waals surface area contributed by atoms with E-state index in [1.807, 2.05) is 19.2 Å². The van der Waals surface area contributed by atoms with Gasteiger partial charge in [0.1, 0.15) is 0 Å². The predicted octanol–water partition coefficient (Wildman–Crippen LogP) is 4.22. The van der Waals surface area contributed by atoms with Gasteiger partial charge in [0.15, 0.2) is 0 Å². The summed E-state index contributed by atoms with van der Waals surface area (Å²) in [6.07, 6.45) is 0.992. The Labute approximate surface area is 148 Å². The molecule has 0 unspecified atom stereocenters. The molecule has 0 saturated heterocycles. The van der Waals surface area contributed by atoms with E-state index in [9.17, 15) is 18.0 Å². The van der Waals surface area contributed by atoms with E-state index in [4.69, 9.17) is 0 Å². The summed E-state index contributed by atoms with van der Waals surface area (Å²) < 4.78 is 36.9. The molecule has 1 N–H and O–H groups in total. The van der Waals surface area contributed by atoms with Crippen LogP contribution in [0.2, 0.25) is 0 Å². The third-order valence-electron chi connectivity index (χ3n) is 4.07. The van der Waals surface area contributed by atoms with Gasteiger partial charge in [0.25, 0.3) is 5.91 Å². The van der Waals surface area contributed by atoms with Gasteiger partial charge in [-0.05, 0) is 59.6 Å². The lowest BCUT2D eigenvalue weighted by atomic mass is 10.1. The highest BCUT2D eigenvalue weighted by Gasteiger charge is 2.29. The van der Waals surface area contributed by atoms with Gasteiger partial charge in [0.2, 0.25) is 0 Å². The third kappa shape index (κ3) is 4.48. The van der Waals surface area contributed by atoms with Crippen LogP contribution in [0.25, 0.3) is 0 Å². The SMILES string of the molecule is CN1CCc2cc(CNC(=O)c3ccc(SC(F)(F)F)cc3)ccc21. The lowest BCUT2D eigenvalue weighted by Gasteiger charge is -2.12. The molecule has 3 rings (SSSR count). The first kappa shape index (κ1) is 17.7. The maximum atomic E-state index is 12.3. The number of carbonyl (C=O) groups is 1. The molecule has 1 heterocycles. The summed E-state index contributed by atoms with van der Waals surface area (Å²) in [5, 5.41) is 2.80. The van der Waals surface area contributed by atoms with Gasteiger partial charge in [-0.25, -0.2) is 0 Å². The van der Waals surface area contributed by atoms with E-state index in [1.165, 1.54) is 35.5 Å². The Morgan fingerprint density at radius 1 is 1.20 bits per heavy atom. The van der Waals surface area contributed by atoms with Crippen molar-refractivity contribution < 1.29 is 18.0 Å². The number of likely N-dealkylation sites (N-methyl/N-ethyl adjacent to an activating group) is 1. The second-order valence-corrected chi connectivity index (χ2v) is 7.03. The Morgan fingerprint density at radius 3 is 2.60 bits per heavy atom. The third-order valence-corrected chi connectivity index (χ3v) is 4.81. The van der Waals surface area contributed by atoms with Crippen LogP contribution in [0.15, 0.2) is 47.4 Å². The molecule has 0 aliphatic carbocycles. The molecule has 0 bridgehead atoms. The zero-order valence-corrected chi connectivity index (χ0v) is 14.4. The van der Waals surface area contributed by atoms with Crippen LogP contribution in [0.4, 0.5) is 18.9 Å². The quantitative estimate of drug-likeness (QED) is 0.823. The number of alkyl halides is 3. The average Bonchev–Trinajstić information content (AvgIpc) is 2.92. The fourth-order valence-corrected chi connectivity index (χ4v) is 3.36. The van der Waals surface area contributed by atoms with Crippen molar-refractivity contribution in [3.8, 4) is 0 Å². The van der Waals surface area contributed by atoms with Crippen LogP contribution in [-0.2, 0) is 13.0 Å². The van der Waals surface area contributed by atoms with Gasteiger partial charge in [0.05, 0.1) is 0 Å². The van der Waals surface area contributed by atoms with Crippen LogP contribution < -0.4 is 10.2 Å². The number of nitrogens with zero attached hydrogens (tertiary/aromatic N) is 1. The van der Waals surface area contributed by atoms with E-state index in [1.54, 1.807) is 0 Å². The molecule has 0 spiro atoms. The number of halogens is 3. The van der Waals surface area contributed by atoms with E-state index < -0.39 is 5.51 Å². The van der Waals surface area contributed by atoms with Crippen LogP contribution in [-0.4, -0.2) is 25.0 Å². The number of anilines is 1. The van der Waals surface area contributed by atoms with E-state index in [0.29, 0.717) is 12.1 Å². The van der Waals surface area contributed by atoms with Crippen LogP contribution in [0.3, 0.4) is 0 Å². The Bertz CT molecular complexity index is 775. The van der Waals surface area contributed by atoms with Crippen molar-refractivity contribution in [2.75, 3.05) is 18.5 Å².